The molecule has 0 aromatic carbocycles. The van der Waals surface area contributed by atoms with Gasteiger partial charge in [0.25, 0.3) is 6.43 Å². The van der Waals surface area contributed by atoms with E-state index in [2.05, 4.69) is 4.74 Å². The van der Waals surface area contributed by atoms with Gasteiger partial charge in [0.1, 0.15) is 5.69 Å². The Labute approximate surface area is 90.0 Å². The summed E-state index contributed by atoms with van der Waals surface area (Å²) >= 11 is 0. The first-order chi connectivity index (χ1) is 7.74. The summed E-state index contributed by atoms with van der Waals surface area (Å²) in [4.78, 5) is 22.8. The van der Waals surface area contributed by atoms with E-state index in [1.165, 1.54) is 0 Å². The van der Waals surface area contributed by atoms with Crippen LogP contribution in [-0.2, 0) is 0 Å². The van der Waals surface area contributed by atoms with Crippen molar-refractivity contribution >= 4 is 6.29 Å². The van der Waals surface area contributed by atoms with Crippen LogP contribution in [0.3, 0.4) is 0 Å². The Bertz CT molecular complexity index is 479. The second kappa shape index (κ2) is 4.52. The van der Waals surface area contributed by atoms with Gasteiger partial charge in [-0.25, -0.2) is 8.78 Å². The van der Waals surface area contributed by atoms with E-state index in [0.29, 0.717) is 0 Å². The first kappa shape index (κ1) is 13.1. The van der Waals surface area contributed by atoms with Crippen molar-refractivity contribution in [1.29, 1.82) is 0 Å². The van der Waals surface area contributed by atoms with Crippen molar-refractivity contribution in [3.63, 3.8) is 0 Å². The lowest BCUT2D eigenvalue weighted by atomic mass is 10.2. The minimum atomic E-state index is -5.25. The molecule has 1 heterocycles. The summed E-state index contributed by atoms with van der Waals surface area (Å²) in [5, 5.41) is 0. The predicted molar refractivity (Wildman–Crippen MR) is 44.1 cm³/mol. The van der Waals surface area contributed by atoms with Gasteiger partial charge in [0.2, 0.25) is 5.56 Å². The van der Waals surface area contributed by atoms with E-state index in [9.17, 15) is 31.5 Å². The number of H-pyrrole nitrogens is 1. The summed E-state index contributed by atoms with van der Waals surface area (Å²) in [6.45, 7) is 0. The Morgan fingerprint density at radius 3 is 2.35 bits per heavy atom. The molecule has 0 spiro atoms. The van der Waals surface area contributed by atoms with Crippen LogP contribution in [0.4, 0.5) is 22.0 Å². The topological polar surface area (TPSA) is 59.2 Å². The maximum Gasteiger partial charge on any atom is 0.573 e. The van der Waals surface area contributed by atoms with E-state index in [1.54, 1.807) is 4.98 Å². The van der Waals surface area contributed by atoms with Crippen molar-refractivity contribution in [1.82, 2.24) is 4.98 Å². The Hall–Kier alpha value is -1.93. The van der Waals surface area contributed by atoms with Gasteiger partial charge in [0.15, 0.2) is 12.0 Å². The molecule has 0 aliphatic heterocycles. The van der Waals surface area contributed by atoms with Gasteiger partial charge in [0.05, 0.1) is 5.56 Å². The zero-order valence-electron chi connectivity index (χ0n) is 7.85. The molecule has 4 nitrogen and oxygen atoms in total. The van der Waals surface area contributed by atoms with Gasteiger partial charge in [-0.3, -0.25) is 9.59 Å². The second-order valence-electron chi connectivity index (χ2n) is 2.80. The maximum atomic E-state index is 12.4. The molecule has 1 aromatic rings. The SMILES string of the molecule is O=Cc1[nH]c(=O)cc(C(F)F)c1OC(F)(F)F. The highest BCUT2D eigenvalue weighted by Gasteiger charge is 2.35. The summed E-state index contributed by atoms with van der Waals surface area (Å²) in [5.74, 6) is -1.40. The number of pyridine rings is 1. The molecule has 94 valence electrons. The Morgan fingerprint density at radius 1 is 1.35 bits per heavy atom. The summed E-state index contributed by atoms with van der Waals surface area (Å²) < 4.78 is 63.8. The largest absolute Gasteiger partial charge is 0.573 e. The van der Waals surface area contributed by atoms with Gasteiger partial charge in [-0.05, 0) is 0 Å². The summed E-state index contributed by atoms with van der Waals surface area (Å²) in [6.07, 6.45) is -8.85. The zero-order chi connectivity index (χ0) is 13.2. The molecule has 0 fully saturated rings. The first-order valence-electron chi connectivity index (χ1n) is 4.01. The monoisotopic (exact) mass is 257 g/mol. The van der Waals surface area contributed by atoms with Crippen LogP contribution in [-0.4, -0.2) is 17.6 Å². The fourth-order valence-electron chi connectivity index (χ4n) is 1.06. The number of ether oxygens (including phenoxy) is 1. The normalized spacial score (nSPS) is 11.6. The number of nitrogens with one attached hydrogen (secondary N) is 1. The summed E-state index contributed by atoms with van der Waals surface area (Å²) in [5.41, 5.74) is -3.42. The molecule has 0 amide bonds. The van der Waals surface area contributed by atoms with Crippen LogP contribution in [0, 0.1) is 0 Å². The number of aromatic nitrogens is 1. The number of aldehydes is 1. The summed E-state index contributed by atoms with van der Waals surface area (Å²) in [6, 6.07) is 0.235. The molecule has 0 aliphatic carbocycles. The van der Waals surface area contributed by atoms with Crippen LogP contribution in [0.2, 0.25) is 0 Å². The Balaban J connectivity index is 3.42. The first-order valence-corrected chi connectivity index (χ1v) is 4.01. The van der Waals surface area contributed by atoms with E-state index >= 15 is 0 Å². The number of halogens is 5. The van der Waals surface area contributed by atoms with Crippen LogP contribution in [0.15, 0.2) is 10.9 Å². The standard InChI is InChI=1S/C8H4F5NO3/c9-7(10)3-1-5(16)14-4(2-15)6(3)17-8(11,12)13/h1-2,7H,(H,14,16). The molecule has 0 radical (unpaired) electrons. The third-order valence-corrected chi connectivity index (χ3v) is 1.62. The minimum absolute atomic E-state index is 0.214. The molecule has 1 rings (SSSR count). The third-order valence-electron chi connectivity index (χ3n) is 1.62. The highest BCUT2D eigenvalue weighted by atomic mass is 19.4. The second-order valence-corrected chi connectivity index (χ2v) is 2.80. The number of carbonyl (C=O) groups is 1. The molecule has 9 heteroatoms. The van der Waals surface area contributed by atoms with E-state index in [4.69, 9.17) is 0 Å². The molecular formula is C8H4F5NO3. The lowest BCUT2D eigenvalue weighted by molar-refractivity contribution is -0.275. The molecule has 0 aliphatic rings. The van der Waals surface area contributed by atoms with Gasteiger partial charge in [-0.2, -0.15) is 0 Å². The molecule has 0 saturated heterocycles. The lowest BCUT2D eigenvalue weighted by Crippen LogP contribution is -2.22. The number of hydrogen-bond donors (Lipinski definition) is 1. The number of carbonyl (C=O) groups excluding carboxylic acids is 1. The molecule has 1 aromatic heterocycles. The molecule has 0 bridgehead atoms. The smallest absolute Gasteiger partial charge is 0.403 e. The number of rotatable bonds is 3. The van der Waals surface area contributed by atoms with Crippen LogP contribution in [0.5, 0.6) is 5.75 Å². The van der Waals surface area contributed by atoms with Crippen LogP contribution < -0.4 is 10.3 Å². The highest BCUT2D eigenvalue weighted by molar-refractivity contribution is 5.77. The van der Waals surface area contributed by atoms with Crippen molar-refractivity contribution in [2.45, 2.75) is 12.8 Å². The van der Waals surface area contributed by atoms with Crippen molar-refractivity contribution in [3.05, 3.63) is 27.7 Å². The number of alkyl halides is 5. The predicted octanol–water partition coefficient (Wildman–Crippen LogP) is 2.02. The van der Waals surface area contributed by atoms with Crippen LogP contribution in [0.25, 0.3) is 0 Å². The van der Waals surface area contributed by atoms with Gasteiger partial charge < -0.3 is 9.72 Å². The minimum Gasteiger partial charge on any atom is -0.403 e. The third kappa shape index (κ3) is 3.26. The van der Waals surface area contributed by atoms with E-state index < -0.39 is 35.4 Å². The van der Waals surface area contributed by atoms with Crippen molar-refractivity contribution in [3.8, 4) is 5.75 Å². The summed E-state index contributed by atoms with van der Waals surface area (Å²) in [7, 11) is 0. The van der Waals surface area contributed by atoms with Gasteiger partial charge in [-0.15, -0.1) is 13.2 Å². The van der Waals surface area contributed by atoms with Gasteiger partial charge in [0, 0.05) is 6.07 Å². The Kier molecular flexibility index (Phi) is 3.49. The van der Waals surface area contributed by atoms with Crippen molar-refractivity contribution < 1.29 is 31.5 Å². The average molecular weight is 257 g/mol. The molecule has 0 atom stereocenters. The van der Waals surface area contributed by atoms with Crippen molar-refractivity contribution in [2.75, 3.05) is 0 Å². The fraction of sp³-hybridized carbons (Fsp3) is 0.250. The molecule has 1 N–H and O–H groups in total. The number of aromatic amines is 1. The van der Waals surface area contributed by atoms with E-state index in [0.717, 1.165) is 0 Å². The van der Waals surface area contributed by atoms with Crippen LogP contribution >= 0.6 is 0 Å². The van der Waals surface area contributed by atoms with Gasteiger partial charge >= 0.3 is 6.36 Å². The molecule has 0 unspecified atom stereocenters. The van der Waals surface area contributed by atoms with E-state index in [1.807, 2.05) is 0 Å². The quantitative estimate of drug-likeness (QED) is 0.665. The molecular weight excluding hydrogens is 253 g/mol. The van der Waals surface area contributed by atoms with Crippen molar-refractivity contribution in [2.24, 2.45) is 0 Å². The van der Waals surface area contributed by atoms with E-state index in [-0.39, 0.29) is 12.4 Å². The maximum absolute atomic E-state index is 12.4. The van der Waals surface area contributed by atoms with Crippen LogP contribution in [0.1, 0.15) is 22.5 Å². The zero-order valence-corrected chi connectivity index (χ0v) is 7.85. The fourth-order valence-corrected chi connectivity index (χ4v) is 1.06. The Morgan fingerprint density at radius 2 is 1.94 bits per heavy atom. The lowest BCUT2D eigenvalue weighted by Gasteiger charge is -2.13. The highest BCUT2D eigenvalue weighted by Crippen LogP contribution is 2.33. The molecule has 0 saturated carbocycles. The average Bonchev–Trinajstić information content (AvgIpc) is 2.17. The van der Waals surface area contributed by atoms with Gasteiger partial charge in [-0.1, -0.05) is 0 Å². The number of hydrogen-bond acceptors (Lipinski definition) is 3. The molecule has 17 heavy (non-hydrogen) atoms.